The van der Waals surface area contributed by atoms with Gasteiger partial charge in [-0.3, -0.25) is 4.79 Å². The van der Waals surface area contributed by atoms with Gasteiger partial charge in [0, 0.05) is 13.5 Å². The van der Waals surface area contributed by atoms with Gasteiger partial charge in [-0.05, 0) is 28.8 Å². The molecule has 0 bridgehead atoms. The fraction of sp³-hybridized carbons (Fsp3) is 0.143. The van der Waals surface area contributed by atoms with Gasteiger partial charge >= 0.3 is 0 Å². The van der Waals surface area contributed by atoms with E-state index in [1.165, 1.54) is 11.6 Å². The number of carbonyl (C=O) groups is 1. The van der Waals surface area contributed by atoms with E-state index in [0.717, 1.165) is 5.56 Å². The molecular formula is C14H11Cl2N7O. The Balaban J connectivity index is 1.99. The minimum absolute atomic E-state index is 0.0653. The topological polar surface area (TPSA) is 98.5 Å². The van der Waals surface area contributed by atoms with E-state index in [-0.39, 0.29) is 28.0 Å². The van der Waals surface area contributed by atoms with Crippen LogP contribution in [0.2, 0.25) is 10.6 Å². The highest BCUT2D eigenvalue weighted by molar-refractivity contribution is 6.31. The number of nitrogens with zero attached hydrogens (tertiary/aromatic N) is 6. The SMILES string of the molecule is CC(=O)c1nnn(-c2nc(Cl)nc(Cl)n2)c1NCc1ccccc1. The number of hydrogen-bond acceptors (Lipinski definition) is 7. The lowest BCUT2D eigenvalue weighted by Crippen LogP contribution is -2.12. The highest BCUT2D eigenvalue weighted by Crippen LogP contribution is 2.19. The quantitative estimate of drug-likeness (QED) is 0.695. The van der Waals surface area contributed by atoms with Gasteiger partial charge in [0.25, 0.3) is 5.95 Å². The van der Waals surface area contributed by atoms with Crippen LogP contribution < -0.4 is 5.32 Å². The van der Waals surface area contributed by atoms with Crippen LogP contribution in [0.5, 0.6) is 0 Å². The van der Waals surface area contributed by atoms with Gasteiger partial charge in [-0.1, -0.05) is 35.5 Å². The Hall–Kier alpha value is -2.58. The van der Waals surface area contributed by atoms with Crippen molar-refractivity contribution in [2.75, 3.05) is 5.32 Å². The summed E-state index contributed by atoms with van der Waals surface area (Å²) in [6, 6.07) is 9.66. The second-order valence-corrected chi connectivity index (χ2v) is 5.44. The van der Waals surface area contributed by atoms with Crippen molar-refractivity contribution in [3.63, 3.8) is 0 Å². The molecule has 2 aromatic heterocycles. The van der Waals surface area contributed by atoms with Crippen molar-refractivity contribution >= 4 is 34.8 Å². The van der Waals surface area contributed by atoms with E-state index in [1.54, 1.807) is 0 Å². The van der Waals surface area contributed by atoms with Crippen molar-refractivity contribution in [2.24, 2.45) is 0 Å². The van der Waals surface area contributed by atoms with Gasteiger partial charge in [-0.2, -0.15) is 19.6 Å². The Morgan fingerprint density at radius 2 is 1.79 bits per heavy atom. The molecule has 8 nitrogen and oxygen atoms in total. The second-order valence-electron chi connectivity index (χ2n) is 4.77. The Labute approximate surface area is 146 Å². The summed E-state index contributed by atoms with van der Waals surface area (Å²) < 4.78 is 1.26. The number of anilines is 1. The summed E-state index contributed by atoms with van der Waals surface area (Å²) in [6.45, 7) is 1.86. The van der Waals surface area contributed by atoms with E-state index < -0.39 is 0 Å². The highest BCUT2D eigenvalue weighted by atomic mass is 35.5. The number of carbonyl (C=O) groups excluding carboxylic acids is 1. The fourth-order valence-electron chi connectivity index (χ4n) is 2.01. The molecule has 1 N–H and O–H groups in total. The molecule has 24 heavy (non-hydrogen) atoms. The van der Waals surface area contributed by atoms with Crippen LogP contribution in [0.25, 0.3) is 5.95 Å². The minimum atomic E-state index is -0.247. The first-order chi connectivity index (χ1) is 11.5. The molecule has 0 amide bonds. The highest BCUT2D eigenvalue weighted by Gasteiger charge is 2.20. The van der Waals surface area contributed by atoms with Gasteiger partial charge in [0.15, 0.2) is 17.3 Å². The van der Waals surface area contributed by atoms with Crippen LogP contribution in [0.1, 0.15) is 23.0 Å². The molecule has 0 unspecified atom stereocenters. The maximum Gasteiger partial charge on any atom is 0.259 e. The number of benzene rings is 1. The Morgan fingerprint density at radius 1 is 1.12 bits per heavy atom. The zero-order valence-corrected chi connectivity index (χ0v) is 14.0. The number of aromatic nitrogens is 6. The normalized spacial score (nSPS) is 10.6. The zero-order valence-electron chi connectivity index (χ0n) is 12.4. The molecule has 3 aromatic rings. The molecule has 0 aliphatic heterocycles. The molecule has 0 saturated heterocycles. The van der Waals surface area contributed by atoms with E-state index >= 15 is 0 Å². The van der Waals surface area contributed by atoms with E-state index in [9.17, 15) is 4.79 Å². The molecule has 0 aliphatic carbocycles. The molecule has 0 saturated carbocycles. The zero-order chi connectivity index (χ0) is 17.1. The lowest BCUT2D eigenvalue weighted by molar-refractivity contribution is 0.101. The number of nitrogens with one attached hydrogen (secondary N) is 1. The van der Waals surface area contributed by atoms with E-state index in [2.05, 4.69) is 30.6 Å². The van der Waals surface area contributed by atoms with E-state index in [4.69, 9.17) is 23.2 Å². The summed E-state index contributed by atoms with van der Waals surface area (Å²) >= 11 is 11.6. The Morgan fingerprint density at radius 3 is 2.42 bits per heavy atom. The van der Waals surface area contributed by atoms with Crippen molar-refractivity contribution in [1.82, 2.24) is 29.9 Å². The number of halogens is 2. The van der Waals surface area contributed by atoms with Gasteiger partial charge in [0.05, 0.1) is 0 Å². The lowest BCUT2D eigenvalue weighted by Gasteiger charge is -2.09. The fourth-order valence-corrected chi connectivity index (χ4v) is 2.36. The van der Waals surface area contributed by atoms with Crippen LogP contribution in [0.3, 0.4) is 0 Å². The van der Waals surface area contributed by atoms with Gasteiger partial charge in [0.1, 0.15) is 0 Å². The van der Waals surface area contributed by atoms with Crippen LogP contribution in [0.4, 0.5) is 5.82 Å². The maximum absolute atomic E-state index is 11.8. The first-order valence-corrected chi connectivity index (χ1v) is 7.62. The largest absolute Gasteiger partial charge is 0.364 e. The molecule has 0 radical (unpaired) electrons. The van der Waals surface area contributed by atoms with Crippen LogP contribution in [0, 0.1) is 0 Å². The van der Waals surface area contributed by atoms with Gasteiger partial charge in [-0.15, -0.1) is 5.10 Å². The van der Waals surface area contributed by atoms with Crippen molar-refractivity contribution in [3.05, 3.63) is 52.2 Å². The predicted molar refractivity (Wildman–Crippen MR) is 88.5 cm³/mol. The monoisotopic (exact) mass is 363 g/mol. The average Bonchev–Trinajstić information content (AvgIpc) is 2.97. The van der Waals surface area contributed by atoms with Crippen molar-refractivity contribution < 1.29 is 4.79 Å². The van der Waals surface area contributed by atoms with Crippen molar-refractivity contribution in [3.8, 4) is 5.95 Å². The number of hydrogen-bond donors (Lipinski definition) is 1. The molecule has 0 spiro atoms. The van der Waals surface area contributed by atoms with Crippen LogP contribution in [-0.2, 0) is 6.54 Å². The van der Waals surface area contributed by atoms with Gasteiger partial charge < -0.3 is 5.32 Å². The second kappa shape index (κ2) is 6.90. The molecule has 0 fully saturated rings. The van der Waals surface area contributed by atoms with Gasteiger partial charge in [0.2, 0.25) is 10.6 Å². The first-order valence-electron chi connectivity index (χ1n) is 6.86. The smallest absolute Gasteiger partial charge is 0.259 e. The predicted octanol–water partition coefficient (Wildman–Crippen LogP) is 2.57. The summed E-state index contributed by atoms with van der Waals surface area (Å²) in [4.78, 5) is 23.4. The van der Waals surface area contributed by atoms with Crippen molar-refractivity contribution in [2.45, 2.75) is 13.5 Å². The Bertz CT molecular complexity index is 862. The van der Waals surface area contributed by atoms with E-state index in [1.807, 2.05) is 30.3 Å². The van der Waals surface area contributed by atoms with Crippen LogP contribution >= 0.6 is 23.2 Å². The van der Waals surface area contributed by atoms with E-state index in [0.29, 0.717) is 12.4 Å². The summed E-state index contributed by atoms with van der Waals surface area (Å²) in [5.41, 5.74) is 1.19. The third-order valence-corrected chi connectivity index (χ3v) is 3.40. The molecule has 3 rings (SSSR count). The number of rotatable bonds is 5. The maximum atomic E-state index is 11.8. The third-order valence-electron chi connectivity index (χ3n) is 3.07. The third kappa shape index (κ3) is 3.50. The standard InChI is InChI=1S/C14H11Cl2N7O/c1-8(24)10-11(17-7-9-5-3-2-4-6-9)23(22-21-10)14-19-12(15)18-13(16)20-14/h2-6,17H,7H2,1H3. The van der Waals surface area contributed by atoms with Gasteiger partial charge in [-0.25, -0.2) is 0 Å². The number of Topliss-reactive ketones (excluding diaryl/α,β-unsaturated/α-hetero) is 1. The number of ketones is 1. The Kier molecular flexibility index (Phi) is 4.68. The van der Waals surface area contributed by atoms with Crippen LogP contribution in [0.15, 0.2) is 30.3 Å². The molecule has 10 heteroatoms. The molecule has 0 aliphatic rings. The molecule has 122 valence electrons. The summed E-state index contributed by atoms with van der Waals surface area (Å²) in [5, 5.41) is 10.8. The molecule has 2 heterocycles. The lowest BCUT2D eigenvalue weighted by atomic mass is 10.2. The average molecular weight is 364 g/mol. The molecule has 1 aromatic carbocycles. The summed E-state index contributed by atoms with van der Waals surface area (Å²) in [7, 11) is 0. The first kappa shape index (κ1) is 16.3. The minimum Gasteiger partial charge on any atom is -0.364 e. The summed E-state index contributed by atoms with van der Waals surface area (Å²) in [5.74, 6) is 0.170. The molecular weight excluding hydrogens is 353 g/mol. The van der Waals surface area contributed by atoms with Crippen LogP contribution in [-0.4, -0.2) is 35.7 Å². The van der Waals surface area contributed by atoms with Crippen molar-refractivity contribution in [1.29, 1.82) is 0 Å². The summed E-state index contributed by atoms with van der Waals surface area (Å²) in [6.07, 6.45) is 0. The molecule has 0 atom stereocenters.